The van der Waals surface area contributed by atoms with E-state index >= 15 is 0 Å². The number of carbonyl (C=O) groups is 1. The molecular formula is C27H31ClN8O2. The smallest absolute Gasteiger partial charge is 0.253 e. The summed E-state index contributed by atoms with van der Waals surface area (Å²) < 4.78 is 0. The van der Waals surface area contributed by atoms with Crippen molar-refractivity contribution in [2.45, 2.75) is 13.0 Å². The van der Waals surface area contributed by atoms with Crippen molar-refractivity contribution >= 4 is 46.0 Å². The second-order valence-electron chi connectivity index (χ2n) is 9.49. The largest absolute Gasteiger partial charge is 0.389 e. The van der Waals surface area contributed by atoms with E-state index in [9.17, 15) is 9.90 Å². The molecule has 4 aromatic rings. The fourth-order valence-corrected chi connectivity index (χ4v) is 4.65. The van der Waals surface area contributed by atoms with Crippen LogP contribution in [0.4, 0.5) is 17.5 Å². The minimum Gasteiger partial charge on any atom is -0.389 e. The molecule has 5 rings (SSSR count). The van der Waals surface area contributed by atoms with Crippen molar-refractivity contribution in [2.24, 2.45) is 0 Å². The Bertz CT molecular complexity index is 1460. The van der Waals surface area contributed by atoms with Gasteiger partial charge >= 0.3 is 0 Å². The minimum absolute atomic E-state index is 0.128. The summed E-state index contributed by atoms with van der Waals surface area (Å²) in [5, 5.41) is 20.0. The number of hydrazine groups is 1. The molecule has 0 bridgehead atoms. The van der Waals surface area contributed by atoms with Gasteiger partial charge in [-0.1, -0.05) is 29.8 Å². The van der Waals surface area contributed by atoms with Gasteiger partial charge in [0.05, 0.1) is 22.2 Å². The third kappa shape index (κ3) is 5.44. The molecule has 198 valence electrons. The Morgan fingerprint density at radius 1 is 1.16 bits per heavy atom. The first-order chi connectivity index (χ1) is 18.3. The van der Waals surface area contributed by atoms with Crippen molar-refractivity contribution in [1.82, 2.24) is 30.2 Å². The molecule has 2 aromatic carbocycles. The number of piperazine rings is 1. The van der Waals surface area contributed by atoms with E-state index in [4.69, 9.17) is 21.6 Å². The zero-order valence-electron chi connectivity index (χ0n) is 21.5. The highest BCUT2D eigenvalue weighted by Crippen LogP contribution is 2.35. The van der Waals surface area contributed by atoms with Crippen LogP contribution in [-0.4, -0.2) is 76.1 Å². The number of aromatic amines is 1. The van der Waals surface area contributed by atoms with Crippen LogP contribution in [0.5, 0.6) is 0 Å². The van der Waals surface area contributed by atoms with E-state index in [2.05, 4.69) is 26.1 Å². The molecule has 0 unspecified atom stereocenters. The molecule has 0 spiro atoms. The Labute approximate surface area is 226 Å². The number of aliphatic hydroxyl groups excluding tert-OH is 1. The minimum atomic E-state index is -0.574. The van der Waals surface area contributed by atoms with Crippen LogP contribution in [0.25, 0.3) is 22.2 Å². The van der Waals surface area contributed by atoms with Crippen LogP contribution in [-0.2, 0) is 0 Å². The van der Waals surface area contributed by atoms with Gasteiger partial charge in [-0.3, -0.25) is 4.79 Å². The van der Waals surface area contributed by atoms with Crippen LogP contribution in [0.15, 0.2) is 48.7 Å². The summed E-state index contributed by atoms with van der Waals surface area (Å²) in [6.45, 7) is 5.13. The van der Waals surface area contributed by atoms with Crippen molar-refractivity contribution in [2.75, 3.05) is 51.0 Å². The number of aromatic nitrogens is 3. The topological polar surface area (TPSA) is 121 Å². The first-order valence-corrected chi connectivity index (χ1v) is 12.9. The highest BCUT2D eigenvalue weighted by atomic mass is 35.5. The fraction of sp³-hybridized carbons (Fsp3) is 0.296. The lowest BCUT2D eigenvalue weighted by Gasteiger charge is -2.28. The van der Waals surface area contributed by atoms with E-state index in [0.29, 0.717) is 33.7 Å². The van der Waals surface area contributed by atoms with Crippen molar-refractivity contribution < 1.29 is 9.90 Å². The zero-order valence-corrected chi connectivity index (χ0v) is 22.3. The number of H-pyrrole nitrogens is 1. The van der Waals surface area contributed by atoms with E-state index in [0.717, 1.165) is 48.3 Å². The number of carbonyl (C=O) groups excluding carboxylic acids is 1. The molecule has 2 aromatic heterocycles. The highest BCUT2D eigenvalue weighted by molar-refractivity contribution is 6.33. The Balaban J connectivity index is 1.54. The number of fused-ring (bicyclic) bond motifs is 1. The van der Waals surface area contributed by atoms with Gasteiger partial charge in [-0.05, 0) is 42.3 Å². The van der Waals surface area contributed by atoms with Gasteiger partial charge in [0, 0.05) is 57.6 Å². The molecule has 1 amide bonds. The van der Waals surface area contributed by atoms with Gasteiger partial charge in [-0.25, -0.2) is 5.01 Å². The predicted octanol–water partition coefficient (Wildman–Crippen LogP) is 4.01. The third-order valence-electron chi connectivity index (χ3n) is 6.46. The van der Waals surface area contributed by atoms with Crippen molar-refractivity contribution in [3.63, 3.8) is 0 Å². The molecule has 1 saturated heterocycles. The number of halogens is 1. The van der Waals surface area contributed by atoms with Crippen LogP contribution in [0, 0.1) is 0 Å². The van der Waals surface area contributed by atoms with Gasteiger partial charge in [-0.2, -0.15) is 9.97 Å². The molecule has 0 saturated carbocycles. The maximum absolute atomic E-state index is 12.3. The van der Waals surface area contributed by atoms with Crippen LogP contribution in [0.2, 0.25) is 5.02 Å². The summed E-state index contributed by atoms with van der Waals surface area (Å²) in [5.41, 5.74) is 7.93. The number of amides is 1. The maximum atomic E-state index is 12.3. The van der Waals surface area contributed by atoms with Gasteiger partial charge in [0.15, 0.2) is 5.82 Å². The quantitative estimate of drug-likeness (QED) is 0.241. The average Bonchev–Trinajstić information content (AvgIpc) is 3.34. The van der Waals surface area contributed by atoms with E-state index in [1.807, 2.05) is 30.5 Å². The summed E-state index contributed by atoms with van der Waals surface area (Å²) in [6, 6.07) is 12.9. The van der Waals surface area contributed by atoms with Crippen molar-refractivity contribution in [3.8, 4) is 11.1 Å². The third-order valence-corrected chi connectivity index (χ3v) is 6.77. The maximum Gasteiger partial charge on any atom is 0.253 e. The number of nitrogens with one attached hydrogen (secondary N) is 4. The Morgan fingerprint density at radius 3 is 2.66 bits per heavy atom. The Morgan fingerprint density at radius 2 is 1.95 bits per heavy atom. The number of aliphatic hydroxyl groups is 1. The van der Waals surface area contributed by atoms with E-state index < -0.39 is 6.10 Å². The molecular weight excluding hydrogens is 504 g/mol. The summed E-state index contributed by atoms with van der Waals surface area (Å²) in [5.74, 6) is 0.876. The first-order valence-electron chi connectivity index (χ1n) is 12.5. The van der Waals surface area contributed by atoms with E-state index in [1.54, 1.807) is 39.2 Å². The lowest BCUT2D eigenvalue weighted by molar-refractivity contribution is 0.0827. The summed E-state index contributed by atoms with van der Waals surface area (Å²) in [4.78, 5) is 26.7. The van der Waals surface area contributed by atoms with Gasteiger partial charge in [-0.15, -0.1) is 0 Å². The highest BCUT2D eigenvalue weighted by Gasteiger charge is 2.20. The molecule has 1 atom stereocenters. The van der Waals surface area contributed by atoms with E-state index in [1.165, 1.54) is 4.90 Å². The second kappa shape index (κ2) is 11.0. The molecule has 5 N–H and O–H groups in total. The van der Waals surface area contributed by atoms with Crippen LogP contribution in [0.3, 0.4) is 0 Å². The molecule has 1 aliphatic rings. The molecule has 0 aliphatic carbocycles. The molecule has 0 radical (unpaired) electrons. The molecule has 1 fully saturated rings. The van der Waals surface area contributed by atoms with Gasteiger partial charge < -0.3 is 31.0 Å². The van der Waals surface area contributed by atoms with Crippen LogP contribution >= 0.6 is 11.6 Å². The first kappa shape index (κ1) is 25.9. The summed E-state index contributed by atoms with van der Waals surface area (Å²) in [6.07, 6.45) is 1.33. The normalized spacial score (nSPS) is 14.9. The number of anilines is 3. The Hall–Kier alpha value is -3.70. The average molecular weight is 535 g/mol. The number of rotatable bonds is 7. The molecule has 1 aliphatic heterocycles. The number of nitrogens with zero attached hydrogens (tertiary/aromatic N) is 4. The monoisotopic (exact) mass is 534 g/mol. The number of hydrogen-bond acceptors (Lipinski definition) is 8. The van der Waals surface area contributed by atoms with Gasteiger partial charge in [0.2, 0.25) is 5.95 Å². The van der Waals surface area contributed by atoms with Gasteiger partial charge in [0.25, 0.3) is 5.91 Å². The zero-order chi connectivity index (χ0) is 26.8. The lowest BCUT2D eigenvalue weighted by atomic mass is 10.0. The standard InChI is InChI=1S/C27H31ClN8O2/c1-16(37)17-5-4-6-18(13-17)20-15-30-24-23(20)25(34-36-11-9-29-10-12-36)33-27(32-24)31-22-8-7-19(14-21(22)28)26(38)35(2)3/h4-8,13-16,29,37H,9-12H2,1-3H3,(H3,30,31,32,33,34)/t16-/m1/s1. The Kier molecular flexibility index (Phi) is 7.48. The van der Waals surface area contributed by atoms with E-state index in [-0.39, 0.29) is 5.91 Å². The van der Waals surface area contributed by atoms with Crippen molar-refractivity contribution in [1.29, 1.82) is 0 Å². The summed E-state index contributed by atoms with van der Waals surface area (Å²) in [7, 11) is 3.40. The molecule has 3 heterocycles. The lowest BCUT2D eigenvalue weighted by Crippen LogP contribution is -2.46. The second-order valence-corrected chi connectivity index (χ2v) is 9.90. The van der Waals surface area contributed by atoms with Gasteiger partial charge in [0.1, 0.15) is 5.65 Å². The number of hydrogen-bond donors (Lipinski definition) is 5. The predicted molar refractivity (Wildman–Crippen MR) is 151 cm³/mol. The van der Waals surface area contributed by atoms with Crippen LogP contribution < -0.4 is 16.1 Å². The number of benzene rings is 2. The van der Waals surface area contributed by atoms with Crippen LogP contribution in [0.1, 0.15) is 28.9 Å². The fourth-order valence-electron chi connectivity index (χ4n) is 4.42. The van der Waals surface area contributed by atoms with Crippen molar-refractivity contribution in [3.05, 3.63) is 64.8 Å². The molecule has 38 heavy (non-hydrogen) atoms. The molecule has 11 heteroatoms. The SMILES string of the molecule is C[C@@H](O)c1cccc(-c2c[nH]c3nc(Nc4ccc(C(=O)N(C)C)cc4Cl)nc(NN4CCNCC4)c23)c1. The summed E-state index contributed by atoms with van der Waals surface area (Å²) >= 11 is 6.52. The molecule has 10 nitrogen and oxygen atoms in total.